The van der Waals surface area contributed by atoms with E-state index in [4.69, 9.17) is 4.74 Å². The summed E-state index contributed by atoms with van der Waals surface area (Å²) in [7, 11) is 1.55. The van der Waals surface area contributed by atoms with Crippen LogP contribution in [0.3, 0.4) is 0 Å². The van der Waals surface area contributed by atoms with E-state index in [1.807, 2.05) is 29.2 Å². The second-order valence-corrected chi connectivity index (χ2v) is 6.82. The average molecular weight is 328 g/mol. The van der Waals surface area contributed by atoms with Crippen LogP contribution in [0.15, 0.2) is 30.0 Å². The summed E-state index contributed by atoms with van der Waals surface area (Å²) in [6.45, 7) is 6.52. The molecule has 0 saturated carbocycles. The van der Waals surface area contributed by atoms with Gasteiger partial charge in [0.2, 0.25) is 0 Å². The first kappa shape index (κ1) is 16.6. The summed E-state index contributed by atoms with van der Waals surface area (Å²) < 4.78 is 5.69. The molecule has 0 aromatic heterocycles. The monoisotopic (exact) mass is 328 g/mol. The second kappa shape index (κ2) is 6.67. The van der Waals surface area contributed by atoms with Crippen molar-refractivity contribution < 1.29 is 14.3 Å². The summed E-state index contributed by atoms with van der Waals surface area (Å²) >= 11 is 0. The molecule has 0 aliphatic carbocycles. The zero-order valence-corrected chi connectivity index (χ0v) is 14.5. The van der Waals surface area contributed by atoms with Crippen molar-refractivity contribution in [1.82, 2.24) is 9.80 Å². The molecule has 24 heavy (non-hydrogen) atoms. The highest BCUT2D eigenvalue weighted by Crippen LogP contribution is 2.33. The van der Waals surface area contributed by atoms with Crippen LogP contribution in [-0.2, 0) is 9.59 Å². The predicted molar refractivity (Wildman–Crippen MR) is 92.3 cm³/mol. The minimum atomic E-state index is -0.224. The van der Waals surface area contributed by atoms with Crippen molar-refractivity contribution in [1.29, 1.82) is 0 Å². The first-order valence-corrected chi connectivity index (χ1v) is 8.54. The van der Waals surface area contributed by atoms with Crippen LogP contribution in [0.4, 0.5) is 0 Å². The standard InChI is InChI=1S/C19H24N2O3/c1-13(2)12-24-15-8-6-14(7-9-15)16-17(21-10-4-5-11-21)19(23)20(3)18(16)22/h6-9,13H,4-5,10-12H2,1-3H3. The number of likely N-dealkylation sites (tertiary alicyclic amines) is 1. The van der Waals surface area contributed by atoms with Crippen LogP contribution in [0.1, 0.15) is 32.3 Å². The number of rotatable bonds is 5. The molecule has 0 radical (unpaired) electrons. The van der Waals surface area contributed by atoms with Crippen molar-refractivity contribution >= 4 is 17.4 Å². The third-order valence-electron chi connectivity index (χ3n) is 4.41. The highest BCUT2D eigenvalue weighted by molar-refractivity contribution is 6.35. The quantitative estimate of drug-likeness (QED) is 0.780. The number of amides is 2. The van der Waals surface area contributed by atoms with Gasteiger partial charge in [0.1, 0.15) is 11.4 Å². The summed E-state index contributed by atoms with van der Waals surface area (Å²) in [5.74, 6) is 0.813. The molecular formula is C19H24N2O3. The third kappa shape index (κ3) is 3.03. The lowest BCUT2D eigenvalue weighted by Crippen LogP contribution is -2.31. The number of benzene rings is 1. The smallest absolute Gasteiger partial charge is 0.277 e. The Balaban J connectivity index is 1.92. The Bertz CT molecular complexity index is 670. The van der Waals surface area contributed by atoms with E-state index >= 15 is 0 Å². The van der Waals surface area contributed by atoms with Crippen molar-refractivity contribution in [3.8, 4) is 5.75 Å². The van der Waals surface area contributed by atoms with E-state index in [0.29, 0.717) is 23.8 Å². The van der Waals surface area contributed by atoms with Crippen LogP contribution < -0.4 is 4.74 Å². The minimum absolute atomic E-state index is 0.197. The normalized spacial score (nSPS) is 18.3. The fourth-order valence-electron chi connectivity index (χ4n) is 3.10. The van der Waals surface area contributed by atoms with Gasteiger partial charge in [0, 0.05) is 20.1 Å². The Morgan fingerprint density at radius 2 is 1.67 bits per heavy atom. The molecule has 1 saturated heterocycles. The molecule has 5 nitrogen and oxygen atoms in total. The third-order valence-corrected chi connectivity index (χ3v) is 4.41. The molecule has 2 heterocycles. The van der Waals surface area contributed by atoms with Crippen LogP contribution in [0, 0.1) is 5.92 Å². The SMILES string of the molecule is CC(C)COc1ccc(C2=C(N3CCCC3)C(=O)N(C)C2=O)cc1. The maximum Gasteiger partial charge on any atom is 0.277 e. The lowest BCUT2D eigenvalue weighted by molar-refractivity contribution is -0.135. The number of imide groups is 1. The average Bonchev–Trinajstić information content (AvgIpc) is 3.16. The molecule has 0 spiro atoms. The molecule has 2 aliphatic heterocycles. The molecule has 0 bridgehead atoms. The van der Waals surface area contributed by atoms with Crippen LogP contribution in [0.25, 0.3) is 5.57 Å². The largest absolute Gasteiger partial charge is 0.493 e. The van der Waals surface area contributed by atoms with Gasteiger partial charge in [0.05, 0.1) is 12.2 Å². The van der Waals surface area contributed by atoms with Gasteiger partial charge in [-0.15, -0.1) is 0 Å². The number of hydrogen-bond donors (Lipinski definition) is 0. The van der Waals surface area contributed by atoms with Gasteiger partial charge in [0.25, 0.3) is 11.8 Å². The fraction of sp³-hybridized carbons (Fsp3) is 0.474. The molecule has 2 amide bonds. The van der Waals surface area contributed by atoms with Gasteiger partial charge >= 0.3 is 0 Å². The number of carbonyl (C=O) groups excluding carboxylic acids is 2. The zero-order chi connectivity index (χ0) is 17.3. The van der Waals surface area contributed by atoms with Gasteiger partial charge in [-0.2, -0.15) is 0 Å². The van der Waals surface area contributed by atoms with Crippen molar-refractivity contribution in [3.63, 3.8) is 0 Å². The van der Waals surface area contributed by atoms with E-state index in [2.05, 4.69) is 13.8 Å². The summed E-state index contributed by atoms with van der Waals surface area (Å²) in [6.07, 6.45) is 2.12. The van der Waals surface area contributed by atoms with Gasteiger partial charge in [-0.3, -0.25) is 14.5 Å². The Kier molecular flexibility index (Phi) is 4.60. The molecule has 3 rings (SSSR count). The first-order valence-electron chi connectivity index (χ1n) is 8.54. The maximum absolute atomic E-state index is 12.6. The molecule has 2 aliphatic rings. The van der Waals surface area contributed by atoms with Crippen LogP contribution in [0.5, 0.6) is 5.75 Å². The van der Waals surface area contributed by atoms with Gasteiger partial charge in [-0.1, -0.05) is 26.0 Å². The molecular weight excluding hydrogens is 304 g/mol. The topological polar surface area (TPSA) is 49.9 Å². The molecule has 1 aromatic rings. The minimum Gasteiger partial charge on any atom is -0.493 e. The predicted octanol–water partition coefficient (Wildman–Crippen LogP) is 2.53. The Labute approximate surface area is 142 Å². The van der Waals surface area contributed by atoms with Crippen LogP contribution >= 0.6 is 0 Å². The highest BCUT2D eigenvalue weighted by atomic mass is 16.5. The molecule has 0 atom stereocenters. The Hall–Kier alpha value is -2.30. The van der Waals surface area contributed by atoms with E-state index in [-0.39, 0.29) is 11.8 Å². The molecule has 5 heteroatoms. The summed E-state index contributed by atoms with van der Waals surface area (Å²) in [4.78, 5) is 28.3. The van der Waals surface area contributed by atoms with E-state index in [0.717, 1.165) is 37.2 Å². The number of carbonyl (C=O) groups is 2. The van der Waals surface area contributed by atoms with Gasteiger partial charge < -0.3 is 9.64 Å². The molecule has 0 N–H and O–H groups in total. The molecule has 1 aromatic carbocycles. The molecule has 0 unspecified atom stereocenters. The number of hydrogen-bond acceptors (Lipinski definition) is 4. The van der Waals surface area contributed by atoms with Gasteiger partial charge in [-0.25, -0.2) is 0 Å². The van der Waals surface area contributed by atoms with E-state index in [1.165, 1.54) is 4.90 Å². The maximum atomic E-state index is 12.6. The Morgan fingerprint density at radius 1 is 1.04 bits per heavy atom. The highest BCUT2D eigenvalue weighted by Gasteiger charge is 2.39. The molecule has 1 fully saturated rings. The molecule has 128 valence electrons. The van der Waals surface area contributed by atoms with Crippen molar-refractivity contribution in [2.24, 2.45) is 5.92 Å². The van der Waals surface area contributed by atoms with Crippen molar-refractivity contribution in [2.75, 3.05) is 26.7 Å². The van der Waals surface area contributed by atoms with E-state index in [9.17, 15) is 9.59 Å². The first-order chi connectivity index (χ1) is 11.5. The van der Waals surface area contributed by atoms with E-state index in [1.54, 1.807) is 7.05 Å². The second-order valence-electron chi connectivity index (χ2n) is 6.82. The summed E-state index contributed by atoms with van der Waals surface area (Å²) in [5.41, 5.74) is 1.84. The number of likely N-dealkylation sites (N-methyl/N-ethyl adjacent to an activating group) is 1. The zero-order valence-electron chi connectivity index (χ0n) is 14.5. The lowest BCUT2D eigenvalue weighted by atomic mass is 10.0. The lowest BCUT2D eigenvalue weighted by Gasteiger charge is -2.19. The Morgan fingerprint density at radius 3 is 2.25 bits per heavy atom. The van der Waals surface area contributed by atoms with Crippen LogP contribution in [-0.4, -0.2) is 48.4 Å². The number of ether oxygens (including phenoxy) is 1. The summed E-state index contributed by atoms with van der Waals surface area (Å²) in [5, 5.41) is 0. The summed E-state index contributed by atoms with van der Waals surface area (Å²) in [6, 6.07) is 7.46. The van der Waals surface area contributed by atoms with Crippen molar-refractivity contribution in [3.05, 3.63) is 35.5 Å². The number of nitrogens with zero attached hydrogens (tertiary/aromatic N) is 2. The van der Waals surface area contributed by atoms with E-state index < -0.39 is 0 Å². The van der Waals surface area contributed by atoms with Crippen molar-refractivity contribution in [2.45, 2.75) is 26.7 Å². The van der Waals surface area contributed by atoms with Gasteiger partial charge in [0.15, 0.2) is 0 Å². The van der Waals surface area contributed by atoms with Crippen LogP contribution in [0.2, 0.25) is 0 Å². The fourth-order valence-corrected chi connectivity index (χ4v) is 3.10. The van der Waals surface area contributed by atoms with Gasteiger partial charge in [-0.05, 0) is 36.5 Å².